The lowest BCUT2D eigenvalue weighted by Crippen LogP contribution is -2.42. The van der Waals surface area contributed by atoms with Crippen molar-refractivity contribution >= 4 is 23.8 Å². The van der Waals surface area contributed by atoms with Gasteiger partial charge in [0.15, 0.2) is 0 Å². The number of amides is 1. The Morgan fingerprint density at radius 3 is 1.85 bits per heavy atom. The third-order valence-corrected chi connectivity index (χ3v) is 7.23. The molecule has 2 fully saturated rings. The lowest BCUT2D eigenvalue weighted by atomic mass is 10.0. The van der Waals surface area contributed by atoms with Crippen LogP contribution in [0.15, 0.2) is 72.8 Å². The summed E-state index contributed by atoms with van der Waals surface area (Å²) in [5.41, 5.74) is 5.44. The molecule has 48 heavy (non-hydrogen) atoms. The summed E-state index contributed by atoms with van der Waals surface area (Å²) in [6.07, 6.45) is -8.90. The molecule has 4 N–H and O–H groups in total. The predicted molar refractivity (Wildman–Crippen MR) is 159 cm³/mol. The maximum absolute atomic E-state index is 12.6. The Hall–Kier alpha value is -4.96. The number of carboxylic acid groups (broad SMARTS) is 2. The molecule has 0 saturated carbocycles. The van der Waals surface area contributed by atoms with Crippen LogP contribution in [0.4, 0.5) is 26.3 Å². The zero-order valence-corrected chi connectivity index (χ0v) is 25.3. The number of aliphatic carboxylic acids is 2. The first-order valence-electron chi connectivity index (χ1n) is 14.2. The van der Waals surface area contributed by atoms with Crippen LogP contribution in [0.1, 0.15) is 38.3 Å². The van der Waals surface area contributed by atoms with Crippen LogP contribution in [0.5, 0.6) is 0 Å². The summed E-state index contributed by atoms with van der Waals surface area (Å²) in [6.45, 7) is 3.62. The molecule has 2 heterocycles. The van der Waals surface area contributed by atoms with E-state index in [1.54, 1.807) is 24.3 Å². The zero-order valence-electron chi connectivity index (χ0n) is 25.3. The van der Waals surface area contributed by atoms with Crippen molar-refractivity contribution in [2.24, 2.45) is 0 Å². The molecule has 0 aliphatic carbocycles. The van der Waals surface area contributed by atoms with Gasteiger partial charge in [-0.3, -0.25) is 9.69 Å². The van der Waals surface area contributed by atoms with Gasteiger partial charge in [0, 0.05) is 43.8 Å². The monoisotopic (exact) mass is 683 g/mol. The molecule has 10 nitrogen and oxygen atoms in total. The molecule has 0 spiro atoms. The van der Waals surface area contributed by atoms with E-state index in [0.29, 0.717) is 29.8 Å². The summed E-state index contributed by atoms with van der Waals surface area (Å²) in [7, 11) is 1.32. The van der Waals surface area contributed by atoms with Crippen molar-refractivity contribution < 1.29 is 60.5 Å². The lowest BCUT2D eigenvalue weighted by molar-refractivity contribution is -0.193. The van der Waals surface area contributed by atoms with E-state index < -0.39 is 30.3 Å². The Morgan fingerprint density at radius 1 is 0.833 bits per heavy atom. The molecule has 3 aromatic carbocycles. The summed E-state index contributed by atoms with van der Waals surface area (Å²) in [5.74, 6) is -6.20. The molecule has 0 aromatic heterocycles. The van der Waals surface area contributed by atoms with Gasteiger partial charge in [0.1, 0.15) is 0 Å². The average molecular weight is 684 g/mol. The van der Waals surface area contributed by atoms with Gasteiger partial charge in [-0.2, -0.15) is 26.3 Å². The average Bonchev–Trinajstić information content (AvgIpc) is 3.67. The van der Waals surface area contributed by atoms with E-state index in [1.165, 1.54) is 24.7 Å². The molecule has 2 aliphatic rings. The summed E-state index contributed by atoms with van der Waals surface area (Å²) < 4.78 is 68.2. The minimum absolute atomic E-state index is 0.229. The van der Waals surface area contributed by atoms with Crippen LogP contribution in [0.25, 0.3) is 11.1 Å². The minimum Gasteiger partial charge on any atom is -0.475 e. The van der Waals surface area contributed by atoms with Crippen LogP contribution in [0, 0.1) is 0 Å². The number of rotatable bonds is 7. The molecular formula is C32H31F6N3O7. The molecule has 0 radical (unpaired) electrons. The summed E-state index contributed by atoms with van der Waals surface area (Å²) in [4.78, 5) is 44.7. The molecule has 3 aromatic rings. The summed E-state index contributed by atoms with van der Waals surface area (Å²) in [6, 6.07) is 24.8. The van der Waals surface area contributed by atoms with Gasteiger partial charge in [-0.1, -0.05) is 42.5 Å². The first kappa shape index (κ1) is 37.5. The number of alkyl halides is 6. The SMILES string of the molecule is COC(=O)c1cccc(C(=O)NCc2cccc(-c3cccc(CN4C[C@@H]5C[C@H]4CN5)c3)c2)c1.O=C(O)C(F)(F)F.O=C(O)C(F)(F)F. The number of hydrogen-bond acceptors (Lipinski definition) is 7. The van der Waals surface area contributed by atoms with Crippen molar-refractivity contribution in [2.45, 2.75) is 43.9 Å². The van der Waals surface area contributed by atoms with Gasteiger partial charge in [0.05, 0.1) is 12.7 Å². The van der Waals surface area contributed by atoms with E-state index in [4.69, 9.17) is 24.5 Å². The molecule has 1 amide bonds. The van der Waals surface area contributed by atoms with Crippen LogP contribution in [0.3, 0.4) is 0 Å². The van der Waals surface area contributed by atoms with Crippen molar-refractivity contribution in [2.75, 3.05) is 20.2 Å². The molecule has 258 valence electrons. The quantitative estimate of drug-likeness (QED) is 0.202. The smallest absolute Gasteiger partial charge is 0.475 e. The van der Waals surface area contributed by atoms with Gasteiger partial charge in [-0.25, -0.2) is 14.4 Å². The number of methoxy groups -OCH3 is 1. The third kappa shape index (κ3) is 11.1. The Bertz CT molecular complexity index is 1590. The number of carbonyl (C=O) groups is 4. The number of fused-ring (bicyclic) bond motifs is 2. The second-order valence-corrected chi connectivity index (χ2v) is 10.7. The highest BCUT2D eigenvalue weighted by Crippen LogP contribution is 2.27. The molecule has 16 heteroatoms. The third-order valence-electron chi connectivity index (χ3n) is 7.23. The van der Waals surface area contributed by atoms with Crippen LogP contribution in [-0.4, -0.2) is 83.6 Å². The Balaban J connectivity index is 0.000000376. The highest BCUT2D eigenvalue weighted by molar-refractivity contribution is 5.97. The fraction of sp³-hybridized carbons (Fsp3) is 0.312. The fourth-order valence-corrected chi connectivity index (χ4v) is 4.98. The standard InChI is InChI=1S/C28H29N3O3.2C2HF3O2/c1-34-28(33)24-10-4-9-23(13-24)27(32)30-15-19-5-2-7-21(11-19)22-8-3-6-20(12-22)17-31-18-25-14-26(31)16-29-25;2*3-2(4,5)1(6)7/h2-13,25-26,29H,14-18H2,1H3,(H,30,32);2*(H,6,7)/t25-,26-;;/m0../s1. The fourth-order valence-electron chi connectivity index (χ4n) is 4.98. The van der Waals surface area contributed by atoms with Gasteiger partial charge in [-0.05, 0) is 59.0 Å². The number of nitrogens with one attached hydrogen (secondary N) is 2. The number of hydrogen-bond donors (Lipinski definition) is 4. The molecule has 2 aliphatic heterocycles. The lowest BCUT2D eigenvalue weighted by Gasteiger charge is -2.27. The molecule has 2 saturated heterocycles. The number of carbonyl (C=O) groups excluding carboxylic acids is 2. The number of esters is 1. The molecule has 0 unspecified atom stereocenters. The van der Waals surface area contributed by atoms with Crippen molar-refractivity contribution in [1.82, 2.24) is 15.5 Å². The van der Waals surface area contributed by atoms with Crippen molar-refractivity contribution in [3.05, 3.63) is 95.1 Å². The zero-order chi connectivity index (χ0) is 35.6. The number of likely N-dealkylation sites (tertiary alicyclic amines) is 1. The normalized spacial score (nSPS) is 16.9. The largest absolute Gasteiger partial charge is 0.490 e. The second-order valence-electron chi connectivity index (χ2n) is 10.7. The van der Waals surface area contributed by atoms with E-state index in [-0.39, 0.29) is 5.91 Å². The summed E-state index contributed by atoms with van der Waals surface area (Å²) >= 11 is 0. The molecular weight excluding hydrogens is 652 g/mol. The van der Waals surface area contributed by atoms with Gasteiger partial charge in [-0.15, -0.1) is 0 Å². The van der Waals surface area contributed by atoms with E-state index in [9.17, 15) is 35.9 Å². The van der Waals surface area contributed by atoms with Gasteiger partial charge in [0.25, 0.3) is 5.91 Å². The number of carboxylic acids is 2. The van der Waals surface area contributed by atoms with E-state index >= 15 is 0 Å². The molecule has 2 bridgehead atoms. The number of nitrogens with zero attached hydrogens (tertiary/aromatic N) is 1. The predicted octanol–water partition coefficient (Wildman–Crippen LogP) is 4.88. The highest BCUT2D eigenvalue weighted by atomic mass is 19.4. The molecule has 5 rings (SSSR count). The van der Waals surface area contributed by atoms with Crippen molar-refractivity contribution in [3.63, 3.8) is 0 Å². The van der Waals surface area contributed by atoms with Crippen molar-refractivity contribution in [3.8, 4) is 11.1 Å². The van der Waals surface area contributed by atoms with Crippen LogP contribution < -0.4 is 10.6 Å². The maximum atomic E-state index is 12.6. The van der Waals surface area contributed by atoms with E-state index in [0.717, 1.165) is 30.8 Å². The van der Waals surface area contributed by atoms with Gasteiger partial charge in [0.2, 0.25) is 0 Å². The van der Waals surface area contributed by atoms with Crippen LogP contribution in [0.2, 0.25) is 0 Å². The molecule has 2 atom stereocenters. The summed E-state index contributed by atoms with van der Waals surface area (Å²) in [5, 5.41) is 20.8. The van der Waals surface area contributed by atoms with E-state index in [2.05, 4.69) is 51.9 Å². The first-order valence-corrected chi connectivity index (χ1v) is 14.2. The Kier molecular flexibility index (Phi) is 12.7. The Morgan fingerprint density at radius 2 is 1.35 bits per heavy atom. The van der Waals surface area contributed by atoms with Gasteiger partial charge < -0.3 is 25.6 Å². The van der Waals surface area contributed by atoms with Crippen LogP contribution >= 0.6 is 0 Å². The number of benzene rings is 3. The van der Waals surface area contributed by atoms with Gasteiger partial charge >= 0.3 is 30.3 Å². The first-order chi connectivity index (χ1) is 22.5. The van der Waals surface area contributed by atoms with Crippen molar-refractivity contribution in [1.29, 1.82) is 0 Å². The van der Waals surface area contributed by atoms with Crippen LogP contribution in [-0.2, 0) is 27.4 Å². The number of piperazine rings is 1. The second kappa shape index (κ2) is 16.2. The van der Waals surface area contributed by atoms with E-state index in [1.807, 2.05) is 12.1 Å². The minimum atomic E-state index is -5.08. The number of halogens is 6. The number of ether oxygens (including phenoxy) is 1. The highest BCUT2D eigenvalue weighted by Gasteiger charge is 2.39. The Labute approximate surface area is 270 Å². The maximum Gasteiger partial charge on any atom is 0.490 e. The topological polar surface area (TPSA) is 145 Å².